The van der Waals surface area contributed by atoms with E-state index in [1.165, 1.54) is 38.3 Å². The third kappa shape index (κ3) is 5.54. The first-order chi connectivity index (χ1) is 20.2. The van der Waals surface area contributed by atoms with Gasteiger partial charge in [-0.1, -0.05) is 11.6 Å². The topological polar surface area (TPSA) is 133 Å². The predicted octanol–water partition coefficient (Wildman–Crippen LogP) is 4.41. The van der Waals surface area contributed by atoms with Crippen LogP contribution >= 0.6 is 11.6 Å². The zero-order chi connectivity index (χ0) is 31.3. The predicted molar refractivity (Wildman–Crippen MR) is 146 cm³/mol. The summed E-state index contributed by atoms with van der Waals surface area (Å²) in [4.78, 5) is 29.4. The summed E-state index contributed by atoms with van der Waals surface area (Å²) in [6, 6.07) is 8.29. The van der Waals surface area contributed by atoms with Crippen LogP contribution in [0.3, 0.4) is 0 Å². The minimum absolute atomic E-state index is 0.0350. The third-order valence-corrected chi connectivity index (χ3v) is 7.74. The number of nitrogens with zero attached hydrogens (tertiary/aromatic N) is 1. The number of benzene rings is 2. The minimum Gasteiger partial charge on any atom is -0.493 e. The van der Waals surface area contributed by atoms with E-state index in [-0.39, 0.29) is 51.6 Å². The summed E-state index contributed by atoms with van der Waals surface area (Å²) >= 11 is 5.91. The van der Waals surface area contributed by atoms with Gasteiger partial charge in [0.15, 0.2) is 11.5 Å². The molecular weight excluding hydrogens is 598 g/mol. The van der Waals surface area contributed by atoms with Crippen LogP contribution in [0.2, 0.25) is 5.02 Å². The molecule has 9 nitrogen and oxygen atoms in total. The lowest BCUT2D eigenvalue weighted by Crippen LogP contribution is -2.51. The fraction of sp³-hybridized carbons (Fsp3) is 0.345. The van der Waals surface area contributed by atoms with Gasteiger partial charge in [-0.2, -0.15) is 13.2 Å². The second kappa shape index (κ2) is 10.9. The lowest BCUT2D eigenvalue weighted by molar-refractivity contribution is -0.265. The van der Waals surface area contributed by atoms with Crippen molar-refractivity contribution in [2.45, 2.75) is 43.1 Å². The fourth-order valence-corrected chi connectivity index (χ4v) is 4.74. The smallest absolute Gasteiger partial charge is 0.424 e. The summed E-state index contributed by atoms with van der Waals surface area (Å²) in [5, 5.41) is 13.0. The monoisotopic (exact) mass is 623 g/mol. The van der Waals surface area contributed by atoms with Crippen molar-refractivity contribution in [2.24, 2.45) is 5.73 Å². The van der Waals surface area contributed by atoms with Gasteiger partial charge in [-0.25, -0.2) is 9.37 Å². The Hall–Kier alpha value is -4.10. The maximum absolute atomic E-state index is 14.6. The summed E-state index contributed by atoms with van der Waals surface area (Å²) in [7, 11) is 1.36. The number of nitrogens with two attached hydrogens (primary N) is 1. The SMILES string of the molecule is COc1cc(C(=O)NC[C@](O)(c2cc3c(c(-c4ccc(F)c(Cl)c4)n2)OC[C@]3(C)C(N)=O)C(F)(F)F)ccc1OC1CC1. The Morgan fingerprint density at radius 3 is 2.51 bits per heavy atom. The maximum atomic E-state index is 14.6. The number of amides is 2. The average molecular weight is 624 g/mol. The molecule has 5 rings (SSSR count). The largest absolute Gasteiger partial charge is 0.493 e. The molecule has 1 fully saturated rings. The number of primary amides is 1. The van der Waals surface area contributed by atoms with Gasteiger partial charge in [0.25, 0.3) is 5.91 Å². The van der Waals surface area contributed by atoms with Crippen LogP contribution in [0.4, 0.5) is 17.6 Å². The van der Waals surface area contributed by atoms with E-state index in [1.54, 1.807) is 0 Å². The highest BCUT2D eigenvalue weighted by molar-refractivity contribution is 6.31. The van der Waals surface area contributed by atoms with E-state index >= 15 is 0 Å². The Morgan fingerprint density at radius 1 is 1.19 bits per heavy atom. The molecule has 228 valence electrons. The van der Waals surface area contributed by atoms with Gasteiger partial charge in [0.05, 0.1) is 30.5 Å². The molecule has 1 aromatic heterocycles. The van der Waals surface area contributed by atoms with Crippen molar-refractivity contribution in [3.63, 3.8) is 0 Å². The lowest BCUT2D eigenvalue weighted by atomic mass is 9.81. The molecule has 3 aromatic rings. The summed E-state index contributed by atoms with van der Waals surface area (Å²) < 4.78 is 74.4. The number of ether oxygens (including phenoxy) is 3. The van der Waals surface area contributed by atoms with Gasteiger partial charge < -0.3 is 30.4 Å². The van der Waals surface area contributed by atoms with Crippen LogP contribution in [0.1, 0.15) is 41.4 Å². The Bertz CT molecular complexity index is 1620. The molecule has 0 spiro atoms. The second-order valence-electron chi connectivity index (χ2n) is 10.6. The van der Waals surface area contributed by atoms with E-state index in [0.29, 0.717) is 5.75 Å². The quantitative estimate of drug-likeness (QED) is 0.301. The van der Waals surface area contributed by atoms with Gasteiger partial charge >= 0.3 is 6.18 Å². The highest BCUT2D eigenvalue weighted by atomic mass is 35.5. The van der Waals surface area contributed by atoms with Crippen molar-refractivity contribution in [3.8, 4) is 28.5 Å². The molecule has 0 saturated heterocycles. The molecular formula is C29H26ClF4N3O6. The molecule has 43 heavy (non-hydrogen) atoms. The second-order valence-corrected chi connectivity index (χ2v) is 11.0. The number of pyridine rings is 1. The molecule has 2 atom stereocenters. The van der Waals surface area contributed by atoms with Crippen molar-refractivity contribution in [1.82, 2.24) is 10.3 Å². The molecule has 0 bridgehead atoms. The standard InChI is InChI=1S/C29H26ClF4N3O6/c1-27(26(35)39)13-42-24-17(27)11-22(37-23(24)14-3-7-19(31)18(30)9-14)28(40,29(32,33)34)12-36-25(38)15-4-8-20(21(10-15)41-2)43-16-5-6-16/h3-4,7-11,16,40H,5-6,12-13H2,1-2H3,(H2,35,39)(H,36,38)/t27-,28-/m0/s1. The average Bonchev–Trinajstić information content (AvgIpc) is 3.72. The number of carbonyl (C=O) groups is 2. The van der Waals surface area contributed by atoms with Crippen LogP contribution in [0.5, 0.6) is 17.2 Å². The number of halogens is 5. The number of fused-ring (bicyclic) bond motifs is 1. The van der Waals surface area contributed by atoms with Gasteiger partial charge in [-0.3, -0.25) is 9.59 Å². The van der Waals surface area contributed by atoms with Crippen molar-refractivity contribution in [2.75, 3.05) is 20.3 Å². The molecule has 4 N–H and O–H groups in total. The normalized spacial score (nSPS) is 19.2. The van der Waals surface area contributed by atoms with Gasteiger partial charge in [0.1, 0.15) is 29.3 Å². The number of hydrogen-bond acceptors (Lipinski definition) is 7. The van der Waals surface area contributed by atoms with Crippen molar-refractivity contribution in [3.05, 3.63) is 70.1 Å². The van der Waals surface area contributed by atoms with Gasteiger partial charge in [-0.15, -0.1) is 0 Å². The van der Waals surface area contributed by atoms with E-state index in [4.69, 9.17) is 31.5 Å². The molecule has 2 heterocycles. The summed E-state index contributed by atoms with van der Waals surface area (Å²) in [6.45, 7) is -0.319. The van der Waals surface area contributed by atoms with Crippen LogP contribution in [-0.4, -0.2) is 54.4 Å². The molecule has 0 unspecified atom stereocenters. The van der Waals surface area contributed by atoms with Crippen LogP contribution in [0.25, 0.3) is 11.3 Å². The molecule has 0 radical (unpaired) electrons. The van der Waals surface area contributed by atoms with Crippen LogP contribution in [0, 0.1) is 5.82 Å². The number of aromatic nitrogens is 1. The van der Waals surface area contributed by atoms with E-state index in [2.05, 4.69) is 10.3 Å². The molecule has 2 aliphatic rings. The van der Waals surface area contributed by atoms with Crippen LogP contribution < -0.4 is 25.3 Å². The number of nitrogens with one attached hydrogen (secondary N) is 1. The fourth-order valence-electron chi connectivity index (χ4n) is 4.56. The summed E-state index contributed by atoms with van der Waals surface area (Å²) in [5.74, 6) is -2.14. The molecule has 2 amide bonds. The number of methoxy groups -OCH3 is 1. The Morgan fingerprint density at radius 2 is 1.91 bits per heavy atom. The number of aliphatic hydroxyl groups is 1. The number of alkyl halides is 3. The van der Waals surface area contributed by atoms with Crippen molar-refractivity contribution < 1.29 is 46.5 Å². The summed E-state index contributed by atoms with van der Waals surface area (Å²) in [6.07, 6.45) is -3.59. The van der Waals surface area contributed by atoms with E-state index in [9.17, 15) is 32.3 Å². The first kappa shape index (κ1) is 30.4. The third-order valence-electron chi connectivity index (χ3n) is 7.45. The van der Waals surface area contributed by atoms with E-state index < -0.39 is 47.1 Å². The number of carbonyl (C=O) groups excluding carboxylic acids is 2. The Kier molecular flexibility index (Phi) is 7.68. The lowest BCUT2D eigenvalue weighted by Gasteiger charge is -2.31. The number of hydrogen-bond donors (Lipinski definition) is 3. The molecule has 1 aliphatic heterocycles. The summed E-state index contributed by atoms with van der Waals surface area (Å²) in [5.41, 5.74) is -1.06. The zero-order valence-corrected chi connectivity index (χ0v) is 23.6. The maximum Gasteiger partial charge on any atom is 0.424 e. The molecule has 1 aliphatic carbocycles. The Labute approximate surface area is 247 Å². The molecule has 14 heteroatoms. The van der Waals surface area contributed by atoms with Gasteiger partial charge in [-0.05, 0) is 62.2 Å². The Balaban J connectivity index is 1.55. The highest BCUT2D eigenvalue weighted by Crippen LogP contribution is 2.48. The molecule has 2 aromatic carbocycles. The highest BCUT2D eigenvalue weighted by Gasteiger charge is 2.57. The molecule has 1 saturated carbocycles. The minimum atomic E-state index is -5.37. The van der Waals surface area contributed by atoms with Crippen LogP contribution in [-0.2, 0) is 15.8 Å². The number of rotatable bonds is 9. The van der Waals surface area contributed by atoms with Crippen LogP contribution in [0.15, 0.2) is 42.5 Å². The van der Waals surface area contributed by atoms with E-state index in [0.717, 1.165) is 31.0 Å². The van der Waals surface area contributed by atoms with Gasteiger partial charge in [0.2, 0.25) is 11.5 Å². The van der Waals surface area contributed by atoms with Crippen molar-refractivity contribution in [1.29, 1.82) is 0 Å². The van der Waals surface area contributed by atoms with E-state index in [1.807, 2.05) is 0 Å². The first-order valence-corrected chi connectivity index (χ1v) is 13.4. The van der Waals surface area contributed by atoms with Gasteiger partial charge in [0, 0.05) is 16.7 Å². The zero-order valence-electron chi connectivity index (χ0n) is 22.9. The first-order valence-electron chi connectivity index (χ1n) is 13.0. The van der Waals surface area contributed by atoms with Crippen molar-refractivity contribution >= 4 is 23.4 Å².